The molecule has 0 fully saturated rings. The van der Waals surface area contributed by atoms with Gasteiger partial charge in [0.15, 0.2) is 5.82 Å². The Balaban J connectivity index is 1.81. The number of nitrogens with zero attached hydrogens (tertiary/aromatic N) is 1. The summed E-state index contributed by atoms with van der Waals surface area (Å²) in [5, 5.41) is 3.21. The number of hydrogen-bond acceptors (Lipinski definition) is 4. The first-order valence-corrected chi connectivity index (χ1v) is 8.25. The predicted octanol–water partition coefficient (Wildman–Crippen LogP) is 2.47. The van der Waals surface area contributed by atoms with Crippen molar-refractivity contribution in [2.24, 2.45) is 0 Å². The van der Waals surface area contributed by atoms with Crippen molar-refractivity contribution in [2.75, 3.05) is 7.11 Å². The summed E-state index contributed by atoms with van der Waals surface area (Å²) in [5.74, 6) is 0.278. The van der Waals surface area contributed by atoms with Crippen molar-refractivity contribution in [1.29, 1.82) is 0 Å². The van der Waals surface area contributed by atoms with Crippen LogP contribution in [-0.4, -0.2) is 23.0 Å². The van der Waals surface area contributed by atoms with E-state index in [1.54, 1.807) is 19.2 Å². The Morgan fingerprint density at radius 1 is 1.29 bits per heavy atom. The molecule has 24 heavy (non-hydrogen) atoms. The molecule has 0 bridgehead atoms. The Labute approximate surface area is 151 Å². The van der Waals surface area contributed by atoms with Crippen LogP contribution in [0.1, 0.15) is 16.2 Å². The van der Waals surface area contributed by atoms with Gasteiger partial charge in [-0.3, -0.25) is 9.59 Å². The molecule has 7 heteroatoms. The number of fused-ring (bicyclic) bond motifs is 1. The molecule has 1 heterocycles. The van der Waals surface area contributed by atoms with Gasteiger partial charge in [-0.15, -0.1) is 0 Å². The van der Waals surface area contributed by atoms with Crippen molar-refractivity contribution in [2.45, 2.75) is 6.54 Å². The smallest absolute Gasteiger partial charge is 0.287 e. The zero-order valence-corrected chi connectivity index (χ0v) is 15.0. The number of ether oxygens (including phenoxy) is 1. The van der Waals surface area contributed by atoms with E-state index >= 15 is 0 Å². The molecule has 3 rings (SSSR count). The van der Waals surface area contributed by atoms with Crippen molar-refractivity contribution >= 4 is 39.4 Å². The van der Waals surface area contributed by atoms with Crippen LogP contribution in [0.3, 0.4) is 0 Å². The highest BCUT2D eigenvalue weighted by Crippen LogP contribution is 2.13. The van der Waals surface area contributed by atoms with E-state index in [0.29, 0.717) is 23.2 Å². The second kappa shape index (κ2) is 7.00. The normalized spacial score (nSPS) is 10.6. The maximum atomic E-state index is 12.3. The van der Waals surface area contributed by atoms with Gasteiger partial charge in [0, 0.05) is 10.1 Å². The lowest BCUT2D eigenvalue weighted by molar-refractivity contribution is 0.0940. The number of carbonyl (C=O) groups is 1. The third-order valence-electron chi connectivity index (χ3n) is 3.47. The molecule has 1 amide bonds. The minimum atomic E-state index is -0.435. The highest BCUT2D eigenvalue weighted by atomic mass is 127. The van der Waals surface area contributed by atoms with Crippen LogP contribution in [0.25, 0.3) is 10.9 Å². The van der Waals surface area contributed by atoms with E-state index < -0.39 is 5.91 Å². The number of benzene rings is 2. The quantitative estimate of drug-likeness (QED) is 0.617. The molecule has 1 aromatic heterocycles. The zero-order chi connectivity index (χ0) is 17.1. The fraction of sp³-hybridized carbons (Fsp3) is 0.118. The number of carbonyl (C=O) groups excluding carboxylic acids is 1. The van der Waals surface area contributed by atoms with Gasteiger partial charge in [0.1, 0.15) is 5.75 Å². The lowest BCUT2D eigenvalue weighted by Crippen LogP contribution is -2.27. The van der Waals surface area contributed by atoms with E-state index in [2.05, 4.69) is 37.9 Å². The van der Waals surface area contributed by atoms with Crippen LogP contribution in [0, 0.1) is 3.57 Å². The summed E-state index contributed by atoms with van der Waals surface area (Å²) in [7, 11) is 1.59. The first-order valence-electron chi connectivity index (χ1n) is 7.17. The Kier molecular flexibility index (Phi) is 4.79. The van der Waals surface area contributed by atoms with Gasteiger partial charge in [0.25, 0.3) is 11.5 Å². The topological polar surface area (TPSA) is 84.1 Å². The number of H-pyrrole nitrogens is 1. The Hall–Kier alpha value is -2.42. The minimum absolute atomic E-state index is 0.00314. The highest BCUT2D eigenvalue weighted by Gasteiger charge is 2.11. The van der Waals surface area contributed by atoms with Crippen LogP contribution >= 0.6 is 22.6 Å². The van der Waals surface area contributed by atoms with Gasteiger partial charge in [0.2, 0.25) is 0 Å². The molecule has 6 nitrogen and oxygen atoms in total. The van der Waals surface area contributed by atoms with Gasteiger partial charge >= 0.3 is 0 Å². The van der Waals surface area contributed by atoms with Crippen molar-refractivity contribution in [3.05, 3.63) is 67.8 Å². The summed E-state index contributed by atoms with van der Waals surface area (Å²) in [4.78, 5) is 31.1. The number of nitrogens with one attached hydrogen (secondary N) is 2. The average molecular weight is 435 g/mol. The largest absolute Gasteiger partial charge is 0.497 e. The third kappa shape index (κ3) is 3.56. The molecule has 0 aliphatic rings. The van der Waals surface area contributed by atoms with E-state index in [4.69, 9.17) is 4.74 Å². The molecule has 0 aliphatic carbocycles. The molecule has 0 aliphatic heterocycles. The van der Waals surface area contributed by atoms with E-state index in [1.807, 2.05) is 30.3 Å². The van der Waals surface area contributed by atoms with E-state index in [0.717, 1.165) is 9.13 Å². The van der Waals surface area contributed by atoms with Gasteiger partial charge in [-0.25, -0.2) is 4.98 Å². The number of aromatic amines is 1. The fourth-order valence-electron chi connectivity index (χ4n) is 2.27. The number of halogens is 1. The van der Waals surface area contributed by atoms with Gasteiger partial charge in [-0.2, -0.15) is 0 Å². The third-order valence-corrected chi connectivity index (χ3v) is 4.14. The minimum Gasteiger partial charge on any atom is -0.497 e. The second-order valence-corrected chi connectivity index (χ2v) is 6.36. The first kappa shape index (κ1) is 16.4. The molecule has 2 N–H and O–H groups in total. The number of aromatic nitrogens is 2. The molecular formula is C17H14IN3O3. The van der Waals surface area contributed by atoms with Crippen LogP contribution in [0.15, 0.2) is 47.3 Å². The molecule has 0 saturated heterocycles. The van der Waals surface area contributed by atoms with E-state index in [9.17, 15) is 9.59 Å². The monoisotopic (exact) mass is 435 g/mol. The fourth-order valence-corrected chi connectivity index (χ4v) is 2.76. The van der Waals surface area contributed by atoms with Crippen molar-refractivity contribution < 1.29 is 9.53 Å². The number of amides is 1. The van der Waals surface area contributed by atoms with Crippen LogP contribution in [0.5, 0.6) is 5.75 Å². The molecule has 0 spiro atoms. The summed E-state index contributed by atoms with van der Waals surface area (Å²) >= 11 is 2.12. The van der Waals surface area contributed by atoms with Gasteiger partial charge < -0.3 is 15.0 Å². The molecule has 0 atom stereocenters. The maximum Gasteiger partial charge on any atom is 0.287 e. The Morgan fingerprint density at radius 2 is 2.12 bits per heavy atom. The maximum absolute atomic E-state index is 12.3. The summed E-state index contributed by atoms with van der Waals surface area (Å²) in [6, 6.07) is 12.7. The predicted molar refractivity (Wildman–Crippen MR) is 99.2 cm³/mol. The first-order chi connectivity index (χ1) is 11.6. The van der Waals surface area contributed by atoms with Crippen LogP contribution < -0.4 is 15.6 Å². The van der Waals surface area contributed by atoms with Gasteiger partial charge in [-0.1, -0.05) is 12.1 Å². The van der Waals surface area contributed by atoms with E-state index in [-0.39, 0.29) is 11.4 Å². The molecule has 2 aromatic carbocycles. The summed E-state index contributed by atoms with van der Waals surface area (Å²) in [5.41, 5.74) is 1.05. The molecule has 0 unspecified atom stereocenters. The molecule has 0 saturated carbocycles. The highest BCUT2D eigenvalue weighted by molar-refractivity contribution is 14.1. The SMILES string of the molecule is COc1cccc(CNC(=O)c2nc3ccc(I)cc3c(=O)[nH]2)c1. The second-order valence-electron chi connectivity index (χ2n) is 5.11. The van der Waals surface area contributed by atoms with Crippen molar-refractivity contribution in [3.63, 3.8) is 0 Å². The van der Waals surface area contributed by atoms with Gasteiger partial charge in [-0.05, 0) is 58.5 Å². The van der Waals surface area contributed by atoms with Crippen LogP contribution in [-0.2, 0) is 6.54 Å². The summed E-state index contributed by atoms with van der Waals surface area (Å²) < 4.78 is 6.08. The van der Waals surface area contributed by atoms with Gasteiger partial charge in [0.05, 0.1) is 18.0 Å². The molecule has 3 aromatic rings. The van der Waals surface area contributed by atoms with Crippen LogP contribution in [0.4, 0.5) is 0 Å². The van der Waals surface area contributed by atoms with E-state index in [1.165, 1.54) is 0 Å². The number of methoxy groups -OCH3 is 1. The number of hydrogen-bond donors (Lipinski definition) is 2. The summed E-state index contributed by atoms with van der Waals surface area (Å²) in [6.07, 6.45) is 0. The Morgan fingerprint density at radius 3 is 2.92 bits per heavy atom. The Bertz CT molecular complexity index is 969. The zero-order valence-electron chi connectivity index (χ0n) is 12.8. The molecule has 0 radical (unpaired) electrons. The standard InChI is InChI=1S/C17H14IN3O3/c1-24-12-4-2-3-10(7-12)9-19-17(23)15-20-14-6-5-11(18)8-13(14)16(22)21-15/h2-8H,9H2,1H3,(H,19,23)(H,20,21,22). The summed E-state index contributed by atoms with van der Waals surface area (Å²) in [6.45, 7) is 0.310. The lowest BCUT2D eigenvalue weighted by atomic mass is 10.2. The van der Waals surface area contributed by atoms with Crippen molar-refractivity contribution in [1.82, 2.24) is 15.3 Å². The van der Waals surface area contributed by atoms with Crippen molar-refractivity contribution in [3.8, 4) is 5.75 Å². The molecular weight excluding hydrogens is 421 g/mol. The number of rotatable bonds is 4. The average Bonchev–Trinajstić information content (AvgIpc) is 2.60. The molecule has 122 valence electrons. The lowest BCUT2D eigenvalue weighted by Gasteiger charge is -2.07. The van der Waals surface area contributed by atoms with Crippen LogP contribution in [0.2, 0.25) is 0 Å².